The van der Waals surface area contributed by atoms with E-state index in [0.29, 0.717) is 51.8 Å². The van der Waals surface area contributed by atoms with Gasteiger partial charge in [0.15, 0.2) is 0 Å². The molecule has 0 spiro atoms. The van der Waals surface area contributed by atoms with Crippen LogP contribution in [0, 0.1) is 18.7 Å². The fourth-order valence-electron chi connectivity index (χ4n) is 3.10. The van der Waals surface area contributed by atoms with Gasteiger partial charge < -0.3 is 19.7 Å². The lowest BCUT2D eigenvalue weighted by Gasteiger charge is -2.13. The van der Waals surface area contributed by atoms with Gasteiger partial charge in [-0.1, -0.05) is 17.3 Å². The van der Waals surface area contributed by atoms with Crippen LogP contribution in [0.3, 0.4) is 0 Å². The third-order valence-electron chi connectivity index (χ3n) is 5.17. The maximum Gasteiger partial charge on any atom is 0.255 e. The lowest BCUT2D eigenvalue weighted by Crippen LogP contribution is -2.24. The van der Waals surface area contributed by atoms with E-state index in [0.717, 1.165) is 12.8 Å². The van der Waals surface area contributed by atoms with Gasteiger partial charge in [-0.3, -0.25) is 4.79 Å². The highest BCUT2D eigenvalue weighted by molar-refractivity contribution is 5.98. The summed E-state index contributed by atoms with van der Waals surface area (Å²) in [5.41, 5.74) is 3.22. The summed E-state index contributed by atoms with van der Waals surface area (Å²) in [5, 5.41) is 16.2. The van der Waals surface area contributed by atoms with Crippen LogP contribution in [-0.2, 0) is 13.2 Å². The number of nitrogens with one attached hydrogen (secondary N) is 1. The quantitative estimate of drug-likeness (QED) is 0.586. The molecule has 0 atom stereocenters. The Labute approximate surface area is 173 Å². The Balaban J connectivity index is 1.57. The molecule has 0 radical (unpaired) electrons. The highest BCUT2D eigenvalue weighted by Crippen LogP contribution is 2.32. The maximum atomic E-state index is 13.8. The number of carbonyl (C=O) groups is 1. The second-order valence-corrected chi connectivity index (χ2v) is 7.58. The summed E-state index contributed by atoms with van der Waals surface area (Å²) >= 11 is 0. The molecular weight excluding hydrogens is 387 g/mol. The third kappa shape index (κ3) is 4.52. The Hall–Kier alpha value is -3.19. The van der Waals surface area contributed by atoms with Crippen LogP contribution in [0.2, 0.25) is 0 Å². The number of aromatic nitrogens is 1. The van der Waals surface area contributed by atoms with Crippen molar-refractivity contribution in [3.05, 3.63) is 70.7 Å². The molecule has 4 rings (SSSR count). The van der Waals surface area contributed by atoms with Gasteiger partial charge in [-0.2, -0.15) is 0 Å². The van der Waals surface area contributed by atoms with Gasteiger partial charge in [0.2, 0.25) is 0 Å². The SMILES string of the molecule is Cc1ccc(CNC(=O)c2cc(-c3nocc3CO)ccc2OCC2CC2)cc1F. The molecule has 2 N–H and O–H groups in total. The predicted molar refractivity (Wildman–Crippen MR) is 108 cm³/mol. The van der Waals surface area contributed by atoms with Crippen LogP contribution in [-0.4, -0.2) is 22.8 Å². The smallest absolute Gasteiger partial charge is 0.255 e. The van der Waals surface area contributed by atoms with E-state index in [1.165, 1.54) is 12.3 Å². The number of hydrogen-bond donors (Lipinski definition) is 2. The monoisotopic (exact) mass is 410 g/mol. The summed E-state index contributed by atoms with van der Waals surface area (Å²) in [4.78, 5) is 12.9. The summed E-state index contributed by atoms with van der Waals surface area (Å²) in [6, 6.07) is 10.1. The molecule has 2 aromatic carbocycles. The van der Waals surface area contributed by atoms with E-state index in [-0.39, 0.29) is 24.9 Å². The van der Waals surface area contributed by atoms with Crippen molar-refractivity contribution in [2.24, 2.45) is 5.92 Å². The van der Waals surface area contributed by atoms with Crippen molar-refractivity contribution < 1.29 is 23.6 Å². The standard InChI is InChI=1S/C23H23FN2O4/c1-14-2-3-16(8-20(14)24)10-25-23(28)19-9-17(22-18(11-27)13-30-26-22)6-7-21(19)29-12-15-4-5-15/h2-3,6-9,13,15,27H,4-5,10-12H2,1H3,(H,25,28). The second kappa shape index (κ2) is 8.67. The minimum atomic E-state index is -0.335. The van der Waals surface area contributed by atoms with Crippen LogP contribution in [0.1, 0.15) is 39.9 Å². The van der Waals surface area contributed by atoms with Crippen molar-refractivity contribution in [2.75, 3.05) is 6.61 Å². The van der Waals surface area contributed by atoms with E-state index in [4.69, 9.17) is 9.26 Å². The summed E-state index contributed by atoms with van der Waals surface area (Å²) in [5.74, 6) is 0.373. The highest BCUT2D eigenvalue weighted by atomic mass is 19.1. The zero-order chi connectivity index (χ0) is 21.1. The Morgan fingerprint density at radius 3 is 2.87 bits per heavy atom. The number of aryl methyl sites for hydroxylation is 1. The summed E-state index contributed by atoms with van der Waals surface area (Å²) < 4.78 is 24.6. The zero-order valence-electron chi connectivity index (χ0n) is 16.7. The van der Waals surface area contributed by atoms with E-state index >= 15 is 0 Å². The molecule has 1 aliphatic rings. The van der Waals surface area contributed by atoms with Crippen LogP contribution in [0.15, 0.2) is 47.2 Å². The molecule has 0 aliphatic heterocycles. The van der Waals surface area contributed by atoms with Crippen LogP contribution < -0.4 is 10.1 Å². The average Bonchev–Trinajstić information content (AvgIpc) is 3.47. The van der Waals surface area contributed by atoms with E-state index in [2.05, 4.69) is 10.5 Å². The largest absolute Gasteiger partial charge is 0.492 e. The van der Waals surface area contributed by atoms with Gasteiger partial charge >= 0.3 is 0 Å². The number of benzene rings is 2. The second-order valence-electron chi connectivity index (χ2n) is 7.58. The number of ether oxygens (including phenoxy) is 1. The van der Waals surface area contributed by atoms with Crippen molar-refractivity contribution >= 4 is 5.91 Å². The van der Waals surface area contributed by atoms with Gasteiger partial charge in [-0.25, -0.2) is 4.39 Å². The molecule has 156 valence electrons. The maximum absolute atomic E-state index is 13.8. The molecule has 0 saturated heterocycles. The van der Waals surface area contributed by atoms with E-state index < -0.39 is 0 Å². The van der Waals surface area contributed by atoms with Gasteiger partial charge in [0.1, 0.15) is 23.5 Å². The lowest BCUT2D eigenvalue weighted by atomic mass is 10.0. The normalized spacial score (nSPS) is 13.3. The van der Waals surface area contributed by atoms with E-state index in [9.17, 15) is 14.3 Å². The van der Waals surface area contributed by atoms with Crippen LogP contribution in [0.25, 0.3) is 11.3 Å². The van der Waals surface area contributed by atoms with Gasteiger partial charge in [0.05, 0.1) is 18.8 Å². The molecule has 3 aromatic rings. The number of rotatable bonds is 8. The summed E-state index contributed by atoms with van der Waals surface area (Å²) in [6.45, 7) is 2.22. The Morgan fingerprint density at radius 2 is 2.13 bits per heavy atom. The van der Waals surface area contributed by atoms with Crippen molar-refractivity contribution in [1.82, 2.24) is 10.5 Å². The van der Waals surface area contributed by atoms with Crippen molar-refractivity contribution in [3.63, 3.8) is 0 Å². The first-order valence-electron chi connectivity index (χ1n) is 9.89. The number of nitrogens with zero attached hydrogens (tertiary/aromatic N) is 1. The minimum Gasteiger partial charge on any atom is -0.492 e. The van der Waals surface area contributed by atoms with Crippen LogP contribution in [0.5, 0.6) is 5.75 Å². The van der Waals surface area contributed by atoms with Crippen molar-refractivity contribution in [2.45, 2.75) is 32.9 Å². The fraction of sp³-hybridized carbons (Fsp3) is 0.304. The molecule has 30 heavy (non-hydrogen) atoms. The number of halogens is 1. The Bertz CT molecular complexity index is 1060. The number of aliphatic hydroxyl groups is 1. The van der Waals surface area contributed by atoms with Gasteiger partial charge in [0, 0.05) is 17.7 Å². The zero-order valence-corrected chi connectivity index (χ0v) is 16.7. The Kier molecular flexibility index (Phi) is 5.81. The van der Waals surface area contributed by atoms with Crippen LogP contribution >= 0.6 is 0 Å². The molecule has 7 heteroatoms. The summed E-state index contributed by atoms with van der Waals surface area (Å²) in [6.07, 6.45) is 3.65. The van der Waals surface area contributed by atoms with Gasteiger partial charge in [-0.15, -0.1) is 0 Å². The molecule has 6 nitrogen and oxygen atoms in total. The lowest BCUT2D eigenvalue weighted by molar-refractivity contribution is 0.0946. The summed E-state index contributed by atoms with van der Waals surface area (Å²) in [7, 11) is 0. The van der Waals surface area contributed by atoms with Gasteiger partial charge in [0.25, 0.3) is 5.91 Å². The number of aliphatic hydroxyl groups excluding tert-OH is 1. The molecule has 1 amide bonds. The van der Waals surface area contributed by atoms with Crippen molar-refractivity contribution in [3.8, 4) is 17.0 Å². The predicted octanol–water partition coefficient (Wildman–Crippen LogP) is 4.00. The minimum absolute atomic E-state index is 0.189. The molecule has 1 fully saturated rings. The van der Waals surface area contributed by atoms with Crippen LogP contribution in [0.4, 0.5) is 4.39 Å². The third-order valence-corrected chi connectivity index (χ3v) is 5.17. The first-order chi connectivity index (χ1) is 14.5. The molecule has 0 bridgehead atoms. The molecule has 1 aromatic heterocycles. The first kappa shape index (κ1) is 20.1. The Morgan fingerprint density at radius 1 is 1.30 bits per heavy atom. The highest BCUT2D eigenvalue weighted by Gasteiger charge is 2.24. The van der Waals surface area contributed by atoms with Crippen molar-refractivity contribution in [1.29, 1.82) is 0 Å². The molecular formula is C23H23FN2O4. The first-order valence-corrected chi connectivity index (χ1v) is 9.89. The van der Waals surface area contributed by atoms with E-state index in [1.807, 2.05) is 0 Å². The molecule has 1 saturated carbocycles. The molecule has 1 heterocycles. The van der Waals surface area contributed by atoms with Gasteiger partial charge in [-0.05, 0) is 61.1 Å². The topological polar surface area (TPSA) is 84.6 Å². The number of amides is 1. The average molecular weight is 410 g/mol. The fourth-order valence-corrected chi connectivity index (χ4v) is 3.10. The number of carbonyl (C=O) groups excluding carboxylic acids is 1. The van der Waals surface area contributed by atoms with E-state index in [1.54, 1.807) is 37.3 Å². The number of hydrogen-bond acceptors (Lipinski definition) is 5. The molecule has 0 unspecified atom stereocenters. The molecule has 1 aliphatic carbocycles.